The first-order valence-corrected chi connectivity index (χ1v) is 7.41. The van der Waals surface area contributed by atoms with Crippen LogP contribution in [-0.4, -0.2) is 62.4 Å². The first kappa shape index (κ1) is 16.4. The lowest BCUT2D eigenvalue weighted by Gasteiger charge is -2.24. The van der Waals surface area contributed by atoms with Crippen LogP contribution >= 0.6 is 0 Å². The first-order chi connectivity index (χ1) is 9.17. The van der Waals surface area contributed by atoms with E-state index in [1.807, 2.05) is 13.8 Å². The van der Waals surface area contributed by atoms with Gasteiger partial charge in [-0.3, -0.25) is 4.79 Å². The molecular formula is C14H28N2O3. The molecule has 0 amide bonds. The predicted molar refractivity (Wildman–Crippen MR) is 75.2 cm³/mol. The Labute approximate surface area is 116 Å². The van der Waals surface area contributed by atoms with Crippen molar-refractivity contribution in [2.24, 2.45) is 0 Å². The van der Waals surface area contributed by atoms with Gasteiger partial charge < -0.3 is 19.7 Å². The topological polar surface area (TPSA) is 50.8 Å². The molecule has 112 valence electrons. The van der Waals surface area contributed by atoms with Crippen LogP contribution < -0.4 is 5.32 Å². The second-order valence-electron chi connectivity index (χ2n) is 4.99. The summed E-state index contributed by atoms with van der Waals surface area (Å²) in [6, 6.07) is -0.190. The normalized spacial score (nSPS) is 22.8. The van der Waals surface area contributed by atoms with E-state index in [2.05, 4.69) is 17.1 Å². The minimum Gasteiger partial charge on any atom is -0.465 e. The zero-order chi connectivity index (χ0) is 14.1. The highest BCUT2D eigenvalue weighted by atomic mass is 16.5. The SMILES string of the molecule is CCNC(CCN1CCCOC(C)C1)C(=O)OCC. The fourth-order valence-electron chi connectivity index (χ4n) is 2.39. The lowest BCUT2D eigenvalue weighted by Crippen LogP contribution is -2.42. The standard InChI is InChI=1S/C14H28N2O3/c1-4-15-13(14(17)18-5-2)7-9-16-8-6-10-19-12(3)11-16/h12-13,15H,4-11H2,1-3H3. The average molecular weight is 272 g/mol. The number of likely N-dealkylation sites (N-methyl/N-ethyl adjacent to an activating group) is 1. The van der Waals surface area contributed by atoms with E-state index in [4.69, 9.17) is 9.47 Å². The maximum Gasteiger partial charge on any atom is 0.323 e. The van der Waals surface area contributed by atoms with E-state index < -0.39 is 0 Å². The Hall–Kier alpha value is -0.650. The van der Waals surface area contributed by atoms with Crippen LogP contribution in [0.1, 0.15) is 33.6 Å². The molecular weight excluding hydrogens is 244 g/mol. The fourth-order valence-corrected chi connectivity index (χ4v) is 2.39. The smallest absolute Gasteiger partial charge is 0.323 e. The third-order valence-electron chi connectivity index (χ3n) is 3.29. The Morgan fingerprint density at radius 1 is 1.53 bits per heavy atom. The Bertz CT molecular complexity index is 261. The Morgan fingerprint density at radius 2 is 2.32 bits per heavy atom. The molecule has 1 saturated heterocycles. The van der Waals surface area contributed by atoms with E-state index in [9.17, 15) is 4.79 Å². The Morgan fingerprint density at radius 3 is 3.00 bits per heavy atom. The van der Waals surface area contributed by atoms with E-state index in [0.29, 0.717) is 6.61 Å². The van der Waals surface area contributed by atoms with Crippen LogP contribution in [0.4, 0.5) is 0 Å². The van der Waals surface area contributed by atoms with Gasteiger partial charge in [-0.05, 0) is 33.2 Å². The minimum absolute atomic E-state index is 0.136. The number of carbonyl (C=O) groups excluding carboxylic acids is 1. The fraction of sp³-hybridized carbons (Fsp3) is 0.929. The number of rotatable bonds is 7. The van der Waals surface area contributed by atoms with Gasteiger partial charge in [-0.2, -0.15) is 0 Å². The van der Waals surface area contributed by atoms with Crippen molar-refractivity contribution in [3.05, 3.63) is 0 Å². The third kappa shape index (κ3) is 6.36. The van der Waals surface area contributed by atoms with Crippen LogP contribution in [-0.2, 0) is 14.3 Å². The Balaban J connectivity index is 2.39. The molecule has 1 fully saturated rings. The average Bonchev–Trinajstić information content (AvgIpc) is 2.59. The zero-order valence-corrected chi connectivity index (χ0v) is 12.5. The number of nitrogens with zero attached hydrogens (tertiary/aromatic N) is 1. The molecule has 5 heteroatoms. The van der Waals surface area contributed by atoms with Crippen LogP contribution in [0, 0.1) is 0 Å². The van der Waals surface area contributed by atoms with Gasteiger partial charge in [0.15, 0.2) is 0 Å². The van der Waals surface area contributed by atoms with Crippen molar-refractivity contribution in [3.8, 4) is 0 Å². The van der Waals surface area contributed by atoms with Crippen LogP contribution in [0.3, 0.4) is 0 Å². The summed E-state index contributed by atoms with van der Waals surface area (Å²) in [6.45, 7) is 10.9. The van der Waals surface area contributed by atoms with Crippen LogP contribution in [0.25, 0.3) is 0 Å². The van der Waals surface area contributed by atoms with Gasteiger partial charge in [-0.15, -0.1) is 0 Å². The lowest BCUT2D eigenvalue weighted by molar-refractivity contribution is -0.145. The summed E-state index contributed by atoms with van der Waals surface area (Å²) < 4.78 is 10.7. The molecule has 0 aromatic carbocycles. The van der Waals surface area contributed by atoms with E-state index in [1.165, 1.54) is 0 Å². The van der Waals surface area contributed by atoms with Crippen molar-refractivity contribution in [1.82, 2.24) is 10.2 Å². The summed E-state index contributed by atoms with van der Waals surface area (Å²) in [6.07, 6.45) is 2.14. The van der Waals surface area contributed by atoms with Crippen molar-refractivity contribution in [1.29, 1.82) is 0 Å². The number of esters is 1. The van der Waals surface area contributed by atoms with E-state index in [0.717, 1.165) is 45.6 Å². The maximum absolute atomic E-state index is 11.8. The first-order valence-electron chi connectivity index (χ1n) is 7.41. The molecule has 1 heterocycles. The van der Waals surface area contributed by atoms with Gasteiger partial charge in [0.2, 0.25) is 0 Å². The Kier molecular flexibility index (Phi) is 8.02. The molecule has 2 unspecified atom stereocenters. The van der Waals surface area contributed by atoms with Crippen molar-refractivity contribution in [2.75, 3.05) is 39.4 Å². The molecule has 0 saturated carbocycles. The molecule has 1 aliphatic heterocycles. The molecule has 1 rings (SSSR count). The quantitative estimate of drug-likeness (QED) is 0.702. The summed E-state index contributed by atoms with van der Waals surface area (Å²) in [7, 11) is 0. The molecule has 0 aliphatic carbocycles. The molecule has 1 aliphatic rings. The molecule has 19 heavy (non-hydrogen) atoms. The molecule has 1 N–H and O–H groups in total. The highest BCUT2D eigenvalue weighted by Gasteiger charge is 2.21. The second-order valence-corrected chi connectivity index (χ2v) is 4.99. The molecule has 0 aromatic rings. The van der Waals surface area contributed by atoms with Crippen molar-refractivity contribution in [3.63, 3.8) is 0 Å². The summed E-state index contributed by atoms with van der Waals surface area (Å²) in [5, 5.41) is 3.20. The molecule has 0 aromatic heterocycles. The van der Waals surface area contributed by atoms with Gasteiger partial charge in [-0.25, -0.2) is 0 Å². The summed E-state index contributed by atoms with van der Waals surface area (Å²) >= 11 is 0. The third-order valence-corrected chi connectivity index (χ3v) is 3.29. The van der Waals surface area contributed by atoms with E-state index >= 15 is 0 Å². The second kappa shape index (κ2) is 9.28. The number of hydrogen-bond donors (Lipinski definition) is 1. The monoisotopic (exact) mass is 272 g/mol. The molecule has 2 atom stereocenters. The molecule has 0 radical (unpaired) electrons. The van der Waals surface area contributed by atoms with Crippen LogP contribution in [0.15, 0.2) is 0 Å². The largest absolute Gasteiger partial charge is 0.465 e. The summed E-state index contributed by atoms with van der Waals surface area (Å²) in [5.41, 5.74) is 0. The van der Waals surface area contributed by atoms with Crippen LogP contribution in [0.5, 0.6) is 0 Å². The van der Waals surface area contributed by atoms with Gasteiger partial charge in [0.1, 0.15) is 6.04 Å². The van der Waals surface area contributed by atoms with Gasteiger partial charge in [-0.1, -0.05) is 6.92 Å². The molecule has 0 spiro atoms. The van der Waals surface area contributed by atoms with Crippen molar-refractivity contribution in [2.45, 2.75) is 45.8 Å². The number of hydrogen-bond acceptors (Lipinski definition) is 5. The molecule has 5 nitrogen and oxygen atoms in total. The van der Waals surface area contributed by atoms with Gasteiger partial charge in [0, 0.05) is 26.2 Å². The summed E-state index contributed by atoms with van der Waals surface area (Å²) in [5.74, 6) is -0.136. The highest BCUT2D eigenvalue weighted by molar-refractivity contribution is 5.75. The van der Waals surface area contributed by atoms with E-state index in [1.54, 1.807) is 0 Å². The molecule has 0 bridgehead atoms. The number of nitrogens with one attached hydrogen (secondary N) is 1. The minimum atomic E-state index is -0.190. The van der Waals surface area contributed by atoms with E-state index in [-0.39, 0.29) is 18.1 Å². The number of carbonyl (C=O) groups is 1. The maximum atomic E-state index is 11.8. The van der Waals surface area contributed by atoms with Gasteiger partial charge in [0.25, 0.3) is 0 Å². The zero-order valence-electron chi connectivity index (χ0n) is 12.5. The van der Waals surface area contributed by atoms with Crippen molar-refractivity contribution < 1.29 is 14.3 Å². The van der Waals surface area contributed by atoms with Crippen molar-refractivity contribution >= 4 is 5.97 Å². The van der Waals surface area contributed by atoms with Gasteiger partial charge in [0.05, 0.1) is 12.7 Å². The van der Waals surface area contributed by atoms with Crippen LogP contribution in [0.2, 0.25) is 0 Å². The highest BCUT2D eigenvalue weighted by Crippen LogP contribution is 2.07. The lowest BCUT2D eigenvalue weighted by atomic mass is 10.2. The number of ether oxygens (including phenoxy) is 2. The summed E-state index contributed by atoms with van der Waals surface area (Å²) in [4.78, 5) is 14.2. The van der Waals surface area contributed by atoms with Gasteiger partial charge >= 0.3 is 5.97 Å². The predicted octanol–water partition coefficient (Wildman–Crippen LogP) is 1.03.